The first-order valence-corrected chi connectivity index (χ1v) is 6.39. The van der Waals surface area contributed by atoms with Crippen LogP contribution in [0.3, 0.4) is 0 Å². The fraction of sp³-hybridized carbons (Fsp3) is 0.833. The molecule has 110 valence electrons. The van der Waals surface area contributed by atoms with Crippen LogP contribution in [0.5, 0.6) is 0 Å². The number of aliphatic carboxylic acids is 1. The highest BCUT2D eigenvalue weighted by molar-refractivity contribution is 5.87. The van der Waals surface area contributed by atoms with Crippen LogP contribution in [-0.4, -0.2) is 59.0 Å². The molecular formula is C12H20F2N2O3. The van der Waals surface area contributed by atoms with Crippen LogP contribution >= 0.6 is 0 Å². The summed E-state index contributed by atoms with van der Waals surface area (Å²) in [4.78, 5) is 25.8. The molecule has 0 aromatic heterocycles. The van der Waals surface area contributed by atoms with Crippen LogP contribution in [-0.2, 0) is 4.79 Å². The van der Waals surface area contributed by atoms with Crippen molar-refractivity contribution >= 4 is 12.0 Å². The normalized spacial score (nSPS) is 22.9. The number of amides is 2. The Balaban J connectivity index is 2.90. The molecule has 1 heterocycles. The van der Waals surface area contributed by atoms with E-state index >= 15 is 0 Å². The molecule has 1 N–H and O–H groups in total. The average Bonchev–Trinajstić information content (AvgIpc) is 2.72. The van der Waals surface area contributed by atoms with Gasteiger partial charge in [-0.3, -0.25) is 0 Å². The maximum Gasteiger partial charge on any atom is 0.329 e. The number of urea groups is 1. The summed E-state index contributed by atoms with van der Waals surface area (Å²) >= 11 is 0. The highest BCUT2D eigenvalue weighted by Gasteiger charge is 2.49. The molecule has 0 aromatic rings. The summed E-state index contributed by atoms with van der Waals surface area (Å²) in [6.07, 6.45) is -0.696. The van der Waals surface area contributed by atoms with Crippen molar-refractivity contribution in [3.63, 3.8) is 0 Å². The summed E-state index contributed by atoms with van der Waals surface area (Å²) in [6.45, 7) is 1.46. The van der Waals surface area contributed by atoms with Gasteiger partial charge in [0.2, 0.25) is 0 Å². The second-order valence-corrected chi connectivity index (χ2v) is 4.90. The summed E-state index contributed by atoms with van der Waals surface area (Å²) in [6, 6.07) is -0.631. The number of alkyl halides is 2. The van der Waals surface area contributed by atoms with Gasteiger partial charge in [0.25, 0.3) is 6.43 Å². The topological polar surface area (TPSA) is 60.9 Å². The smallest absolute Gasteiger partial charge is 0.329 e. The van der Waals surface area contributed by atoms with Gasteiger partial charge in [0.1, 0.15) is 5.54 Å². The number of hydrogen-bond acceptors (Lipinski definition) is 2. The molecule has 2 amide bonds. The summed E-state index contributed by atoms with van der Waals surface area (Å²) in [5.74, 6) is -1.05. The number of nitrogens with zero attached hydrogens (tertiary/aromatic N) is 2. The number of carboxylic acid groups (broad SMARTS) is 1. The maximum absolute atomic E-state index is 12.3. The molecule has 0 radical (unpaired) electrons. The van der Waals surface area contributed by atoms with Crippen LogP contribution in [0.4, 0.5) is 13.6 Å². The van der Waals surface area contributed by atoms with Crippen LogP contribution in [0.15, 0.2) is 0 Å². The molecule has 1 saturated heterocycles. The predicted molar refractivity (Wildman–Crippen MR) is 65.2 cm³/mol. The van der Waals surface area contributed by atoms with Crippen LogP contribution in [0.1, 0.15) is 32.6 Å². The minimum atomic E-state index is -2.62. The lowest BCUT2D eigenvalue weighted by atomic mass is 9.91. The van der Waals surface area contributed by atoms with E-state index in [1.165, 1.54) is 11.9 Å². The number of carbonyl (C=O) groups is 2. The average molecular weight is 278 g/mol. The van der Waals surface area contributed by atoms with Gasteiger partial charge in [-0.25, -0.2) is 18.4 Å². The van der Waals surface area contributed by atoms with E-state index in [4.69, 9.17) is 0 Å². The first-order valence-electron chi connectivity index (χ1n) is 6.39. The minimum Gasteiger partial charge on any atom is -0.479 e. The molecule has 7 heteroatoms. The SMILES string of the molecule is CCCC1(C(=O)O)CCCN1C(=O)N(C)CC(F)F. The van der Waals surface area contributed by atoms with Gasteiger partial charge >= 0.3 is 12.0 Å². The van der Waals surface area contributed by atoms with Crippen LogP contribution < -0.4 is 0 Å². The zero-order valence-electron chi connectivity index (χ0n) is 11.2. The van der Waals surface area contributed by atoms with E-state index in [0.29, 0.717) is 32.2 Å². The third-order valence-electron chi connectivity index (χ3n) is 3.52. The maximum atomic E-state index is 12.3. The molecular weight excluding hydrogens is 258 g/mol. The zero-order chi connectivity index (χ0) is 14.6. The van der Waals surface area contributed by atoms with Crippen molar-refractivity contribution in [2.24, 2.45) is 0 Å². The Labute approximate surface area is 111 Å². The van der Waals surface area contributed by atoms with Gasteiger partial charge in [0.05, 0.1) is 6.54 Å². The Kier molecular flexibility index (Phi) is 5.08. The fourth-order valence-electron chi connectivity index (χ4n) is 2.65. The number of rotatable bonds is 5. The van der Waals surface area contributed by atoms with Gasteiger partial charge < -0.3 is 14.9 Å². The monoisotopic (exact) mass is 278 g/mol. The number of hydrogen-bond donors (Lipinski definition) is 1. The lowest BCUT2D eigenvalue weighted by Gasteiger charge is -2.37. The van der Waals surface area contributed by atoms with E-state index in [-0.39, 0.29) is 0 Å². The molecule has 1 aliphatic heterocycles. The van der Waals surface area contributed by atoms with Gasteiger partial charge in [-0.2, -0.15) is 0 Å². The van der Waals surface area contributed by atoms with Crippen molar-refractivity contribution in [3.05, 3.63) is 0 Å². The standard InChI is InChI=1S/C12H20F2N2O3/c1-3-5-12(10(17)18)6-4-7-16(12)11(19)15(2)8-9(13)14/h9H,3-8H2,1-2H3,(H,17,18). The van der Waals surface area contributed by atoms with Gasteiger partial charge in [-0.1, -0.05) is 13.3 Å². The lowest BCUT2D eigenvalue weighted by Crippen LogP contribution is -2.56. The van der Waals surface area contributed by atoms with Crippen molar-refractivity contribution in [1.82, 2.24) is 9.80 Å². The van der Waals surface area contributed by atoms with Crippen LogP contribution in [0.2, 0.25) is 0 Å². The van der Waals surface area contributed by atoms with Gasteiger partial charge in [0, 0.05) is 13.6 Å². The lowest BCUT2D eigenvalue weighted by molar-refractivity contribution is -0.148. The summed E-state index contributed by atoms with van der Waals surface area (Å²) in [7, 11) is 1.27. The Morgan fingerprint density at radius 2 is 2.11 bits per heavy atom. The zero-order valence-corrected chi connectivity index (χ0v) is 11.2. The van der Waals surface area contributed by atoms with E-state index < -0.39 is 30.5 Å². The Hall–Kier alpha value is -1.40. The van der Waals surface area contributed by atoms with Crippen molar-refractivity contribution in [2.45, 2.75) is 44.6 Å². The molecule has 1 atom stereocenters. The van der Waals surface area contributed by atoms with Crippen LogP contribution in [0.25, 0.3) is 0 Å². The number of likely N-dealkylation sites (tertiary alicyclic amines) is 1. The first kappa shape index (κ1) is 15.7. The largest absolute Gasteiger partial charge is 0.479 e. The quantitative estimate of drug-likeness (QED) is 0.837. The van der Waals surface area contributed by atoms with E-state index in [9.17, 15) is 23.5 Å². The third-order valence-corrected chi connectivity index (χ3v) is 3.52. The first-order chi connectivity index (χ1) is 8.85. The molecule has 19 heavy (non-hydrogen) atoms. The molecule has 0 aliphatic carbocycles. The molecule has 0 saturated carbocycles. The highest BCUT2D eigenvalue weighted by atomic mass is 19.3. The molecule has 1 fully saturated rings. The number of carbonyl (C=O) groups excluding carboxylic acids is 1. The van der Waals surface area contributed by atoms with Gasteiger partial charge in [-0.15, -0.1) is 0 Å². The molecule has 0 aromatic carbocycles. The van der Waals surface area contributed by atoms with Crippen LogP contribution in [0, 0.1) is 0 Å². The molecule has 1 aliphatic rings. The molecule has 1 unspecified atom stereocenters. The minimum absolute atomic E-state index is 0.304. The van der Waals surface area contributed by atoms with E-state index in [1.54, 1.807) is 0 Å². The Morgan fingerprint density at radius 3 is 2.58 bits per heavy atom. The van der Waals surface area contributed by atoms with E-state index in [2.05, 4.69) is 0 Å². The fourth-order valence-corrected chi connectivity index (χ4v) is 2.65. The number of carboxylic acids is 1. The summed E-state index contributed by atoms with van der Waals surface area (Å²) in [5.41, 5.74) is -1.23. The molecule has 1 rings (SSSR count). The van der Waals surface area contributed by atoms with E-state index in [1.807, 2.05) is 6.92 Å². The Morgan fingerprint density at radius 1 is 1.47 bits per heavy atom. The Bertz CT molecular complexity index is 352. The summed E-state index contributed by atoms with van der Waals surface area (Å²) in [5, 5.41) is 9.42. The van der Waals surface area contributed by atoms with Crippen molar-refractivity contribution in [1.29, 1.82) is 0 Å². The summed E-state index contributed by atoms with van der Waals surface area (Å²) < 4.78 is 24.6. The molecule has 5 nitrogen and oxygen atoms in total. The molecule has 0 bridgehead atoms. The number of halogens is 2. The third kappa shape index (κ3) is 3.13. The van der Waals surface area contributed by atoms with Crippen molar-refractivity contribution in [3.8, 4) is 0 Å². The molecule has 0 spiro atoms. The second-order valence-electron chi connectivity index (χ2n) is 4.90. The van der Waals surface area contributed by atoms with Gasteiger partial charge in [0.15, 0.2) is 0 Å². The van der Waals surface area contributed by atoms with E-state index in [0.717, 1.165) is 4.90 Å². The van der Waals surface area contributed by atoms with Crippen molar-refractivity contribution in [2.75, 3.05) is 20.1 Å². The van der Waals surface area contributed by atoms with Crippen molar-refractivity contribution < 1.29 is 23.5 Å². The second kappa shape index (κ2) is 6.16. The predicted octanol–water partition coefficient (Wildman–Crippen LogP) is 2.02. The van der Waals surface area contributed by atoms with Gasteiger partial charge in [-0.05, 0) is 19.3 Å². The highest BCUT2D eigenvalue weighted by Crippen LogP contribution is 2.34.